The van der Waals surface area contributed by atoms with Crippen LogP contribution in [0, 0.1) is 0 Å². The van der Waals surface area contributed by atoms with Gasteiger partial charge < -0.3 is 24.4 Å². The quantitative estimate of drug-likeness (QED) is 0.876. The Bertz CT molecular complexity index is 845. The van der Waals surface area contributed by atoms with Crippen LogP contribution in [-0.2, 0) is 0 Å². The number of nitrogens with zero attached hydrogens (tertiary/aromatic N) is 2. The van der Waals surface area contributed by atoms with Crippen molar-refractivity contribution < 1.29 is 24.2 Å². The third-order valence-electron chi connectivity index (χ3n) is 4.85. The van der Waals surface area contributed by atoms with Gasteiger partial charge in [0.15, 0.2) is 0 Å². The molecule has 3 rings (SSSR count). The van der Waals surface area contributed by atoms with Gasteiger partial charge in [-0.15, -0.1) is 0 Å². The van der Waals surface area contributed by atoms with E-state index >= 15 is 0 Å². The van der Waals surface area contributed by atoms with Crippen LogP contribution < -0.4 is 9.47 Å². The summed E-state index contributed by atoms with van der Waals surface area (Å²) < 4.78 is 10.7. The third-order valence-corrected chi connectivity index (χ3v) is 4.85. The third kappa shape index (κ3) is 3.88. The molecule has 1 heterocycles. The molecule has 0 unspecified atom stereocenters. The standard InChI is InChI=1S/C21H24N2O5/c1-27-17-9-5-10-18(28-2)19(17)21(26)23-12-6-11-22(13-14-23)20(25)15-7-3-4-8-16(15)24/h3-5,7-10,24H,6,11-14H2,1-2H3. The van der Waals surface area contributed by atoms with Crippen LogP contribution in [0.1, 0.15) is 27.1 Å². The lowest BCUT2D eigenvalue weighted by atomic mass is 10.1. The van der Waals surface area contributed by atoms with Crippen molar-refractivity contribution in [3.8, 4) is 17.2 Å². The number of carbonyl (C=O) groups is 2. The van der Waals surface area contributed by atoms with Crippen LogP contribution >= 0.6 is 0 Å². The summed E-state index contributed by atoms with van der Waals surface area (Å²) in [7, 11) is 3.03. The summed E-state index contributed by atoms with van der Waals surface area (Å²) in [6.45, 7) is 1.81. The fourth-order valence-electron chi connectivity index (χ4n) is 3.37. The van der Waals surface area contributed by atoms with Crippen molar-refractivity contribution in [2.75, 3.05) is 40.4 Å². The monoisotopic (exact) mass is 384 g/mol. The zero-order valence-electron chi connectivity index (χ0n) is 16.1. The molecule has 1 saturated heterocycles. The van der Waals surface area contributed by atoms with Gasteiger partial charge in [0.2, 0.25) is 0 Å². The minimum absolute atomic E-state index is 0.0385. The minimum Gasteiger partial charge on any atom is -0.507 e. The number of hydrogen-bond acceptors (Lipinski definition) is 5. The predicted molar refractivity (Wildman–Crippen MR) is 104 cm³/mol. The van der Waals surface area contributed by atoms with Crippen molar-refractivity contribution in [2.24, 2.45) is 0 Å². The second kappa shape index (κ2) is 8.65. The molecule has 0 aliphatic carbocycles. The van der Waals surface area contributed by atoms with E-state index in [0.29, 0.717) is 49.7 Å². The molecule has 1 fully saturated rings. The van der Waals surface area contributed by atoms with E-state index in [1.165, 1.54) is 20.3 Å². The van der Waals surface area contributed by atoms with Crippen LogP contribution in [0.15, 0.2) is 42.5 Å². The Labute approximate surface area is 164 Å². The van der Waals surface area contributed by atoms with E-state index in [1.807, 2.05) is 0 Å². The summed E-state index contributed by atoms with van der Waals surface area (Å²) in [6.07, 6.45) is 0.641. The van der Waals surface area contributed by atoms with E-state index in [9.17, 15) is 14.7 Å². The first-order valence-corrected chi connectivity index (χ1v) is 9.14. The van der Waals surface area contributed by atoms with E-state index in [2.05, 4.69) is 0 Å². The molecule has 1 N–H and O–H groups in total. The summed E-state index contributed by atoms with van der Waals surface area (Å²) in [5.41, 5.74) is 0.654. The Balaban J connectivity index is 1.76. The number of rotatable bonds is 4. The molecular weight excluding hydrogens is 360 g/mol. The number of phenols is 1. The number of benzene rings is 2. The smallest absolute Gasteiger partial charge is 0.261 e. The van der Waals surface area contributed by atoms with Crippen LogP contribution in [0.3, 0.4) is 0 Å². The number of amides is 2. The Morgan fingerprint density at radius 3 is 1.96 bits per heavy atom. The first kappa shape index (κ1) is 19.5. The fourth-order valence-corrected chi connectivity index (χ4v) is 3.37. The molecule has 0 aromatic heterocycles. The van der Waals surface area contributed by atoms with E-state index in [-0.39, 0.29) is 23.1 Å². The lowest BCUT2D eigenvalue weighted by molar-refractivity contribution is 0.0713. The molecule has 0 atom stereocenters. The van der Waals surface area contributed by atoms with Crippen molar-refractivity contribution in [2.45, 2.75) is 6.42 Å². The molecule has 1 aliphatic heterocycles. The van der Waals surface area contributed by atoms with Gasteiger partial charge in [0, 0.05) is 26.2 Å². The maximum Gasteiger partial charge on any atom is 0.261 e. The molecule has 2 amide bonds. The summed E-state index contributed by atoms with van der Waals surface area (Å²) in [4.78, 5) is 29.3. The van der Waals surface area contributed by atoms with Crippen molar-refractivity contribution in [3.05, 3.63) is 53.6 Å². The Hall–Kier alpha value is -3.22. The van der Waals surface area contributed by atoms with Gasteiger partial charge in [0.05, 0.1) is 19.8 Å². The number of ether oxygens (including phenoxy) is 2. The second-order valence-electron chi connectivity index (χ2n) is 6.49. The average molecular weight is 384 g/mol. The first-order chi connectivity index (χ1) is 13.6. The number of carbonyl (C=O) groups excluding carboxylic acids is 2. The second-order valence-corrected chi connectivity index (χ2v) is 6.49. The van der Waals surface area contributed by atoms with Crippen LogP contribution in [-0.4, -0.2) is 67.1 Å². The minimum atomic E-state index is -0.234. The van der Waals surface area contributed by atoms with Crippen molar-refractivity contribution in [1.82, 2.24) is 9.80 Å². The van der Waals surface area contributed by atoms with Crippen molar-refractivity contribution in [1.29, 1.82) is 0 Å². The molecule has 2 aromatic rings. The molecule has 2 aromatic carbocycles. The number of hydrogen-bond donors (Lipinski definition) is 1. The zero-order chi connectivity index (χ0) is 20.1. The van der Waals surface area contributed by atoms with E-state index in [1.54, 1.807) is 46.2 Å². The lowest BCUT2D eigenvalue weighted by Crippen LogP contribution is -2.37. The van der Waals surface area contributed by atoms with Gasteiger partial charge in [-0.3, -0.25) is 9.59 Å². The number of phenolic OH excluding ortho intramolecular Hbond substituents is 1. The summed E-state index contributed by atoms with van der Waals surface area (Å²) >= 11 is 0. The summed E-state index contributed by atoms with van der Waals surface area (Å²) in [6, 6.07) is 11.7. The van der Waals surface area contributed by atoms with Gasteiger partial charge in [-0.25, -0.2) is 0 Å². The highest BCUT2D eigenvalue weighted by molar-refractivity contribution is 6.00. The molecule has 148 valence electrons. The molecule has 7 nitrogen and oxygen atoms in total. The summed E-state index contributed by atoms with van der Waals surface area (Å²) in [5, 5.41) is 9.95. The van der Waals surface area contributed by atoms with Gasteiger partial charge in [-0.1, -0.05) is 18.2 Å². The topological polar surface area (TPSA) is 79.3 Å². The SMILES string of the molecule is COc1cccc(OC)c1C(=O)N1CCCN(C(=O)c2ccccc2O)CC1. The normalized spacial score (nSPS) is 14.4. The predicted octanol–water partition coefficient (Wildman–Crippen LogP) is 2.40. The maximum absolute atomic E-state index is 13.1. The van der Waals surface area contributed by atoms with Gasteiger partial charge >= 0.3 is 0 Å². The Morgan fingerprint density at radius 1 is 0.821 bits per heavy atom. The first-order valence-electron chi connectivity index (χ1n) is 9.14. The van der Waals surface area contributed by atoms with E-state index in [0.717, 1.165) is 0 Å². The van der Waals surface area contributed by atoms with Crippen LogP contribution in [0.4, 0.5) is 0 Å². The Kier molecular flexibility index (Phi) is 6.03. The van der Waals surface area contributed by atoms with Gasteiger partial charge in [-0.05, 0) is 30.7 Å². The number of methoxy groups -OCH3 is 2. The number of aromatic hydroxyl groups is 1. The van der Waals surface area contributed by atoms with Crippen LogP contribution in [0.5, 0.6) is 17.2 Å². The van der Waals surface area contributed by atoms with E-state index in [4.69, 9.17) is 9.47 Å². The van der Waals surface area contributed by atoms with Crippen molar-refractivity contribution in [3.63, 3.8) is 0 Å². The molecule has 0 spiro atoms. The van der Waals surface area contributed by atoms with Crippen LogP contribution in [0.2, 0.25) is 0 Å². The van der Waals surface area contributed by atoms with Crippen molar-refractivity contribution >= 4 is 11.8 Å². The number of para-hydroxylation sites is 1. The fraction of sp³-hybridized carbons (Fsp3) is 0.333. The van der Waals surface area contributed by atoms with Gasteiger partial charge in [-0.2, -0.15) is 0 Å². The molecule has 7 heteroatoms. The highest BCUT2D eigenvalue weighted by Crippen LogP contribution is 2.30. The molecule has 0 saturated carbocycles. The van der Waals surface area contributed by atoms with E-state index < -0.39 is 0 Å². The van der Waals surface area contributed by atoms with Crippen LogP contribution in [0.25, 0.3) is 0 Å². The molecule has 1 aliphatic rings. The lowest BCUT2D eigenvalue weighted by Gasteiger charge is -2.24. The Morgan fingerprint density at radius 2 is 1.39 bits per heavy atom. The molecule has 0 bridgehead atoms. The van der Waals surface area contributed by atoms with Gasteiger partial charge in [0.25, 0.3) is 11.8 Å². The highest BCUT2D eigenvalue weighted by Gasteiger charge is 2.28. The highest BCUT2D eigenvalue weighted by atomic mass is 16.5. The largest absolute Gasteiger partial charge is 0.507 e. The molecule has 28 heavy (non-hydrogen) atoms. The van der Waals surface area contributed by atoms with Gasteiger partial charge in [0.1, 0.15) is 22.8 Å². The molecular formula is C21H24N2O5. The maximum atomic E-state index is 13.1. The average Bonchev–Trinajstić information content (AvgIpc) is 2.98. The summed E-state index contributed by atoms with van der Waals surface area (Å²) in [5.74, 6) is 0.448. The zero-order valence-corrected chi connectivity index (χ0v) is 16.1. The molecule has 0 radical (unpaired) electrons.